The Morgan fingerprint density at radius 3 is 2.88 bits per heavy atom. The Morgan fingerprint density at radius 1 is 1.50 bits per heavy atom. The summed E-state index contributed by atoms with van der Waals surface area (Å²) in [6.45, 7) is 0.277. The standard InChI is InChI=1S/C12H13NO2S/c1-15-12(14)9(7-13)11-6-8-4-2-3-5-10(8)16-11/h2-6,9H,7,13H2,1H3. The molecule has 0 aliphatic carbocycles. The number of methoxy groups -OCH3 is 1. The van der Waals surface area contributed by atoms with E-state index in [0.29, 0.717) is 0 Å². The summed E-state index contributed by atoms with van der Waals surface area (Å²) in [5, 5.41) is 1.14. The molecule has 0 saturated carbocycles. The molecule has 0 aliphatic heterocycles. The van der Waals surface area contributed by atoms with E-state index in [2.05, 4.69) is 0 Å². The second-order valence-corrected chi connectivity index (χ2v) is 4.61. The van der Waals surface area contributed by atoms with Crippen molar-refractivity contribution in [2.75, 3.05) is 13.7 Å². The molecule has 2 rings (SSSR count). The molecule has 3 nitrogen and oxygen atoms in total. The van der Waals surface area contributed by atoms with Crippen molar-refractivity contribution in [2.45, 2.75) is 5.92 Å². The SMILES string of the molecule is COC(=O)C(CN)c1cc2ccccc2s1. The van der Waals surface area contributed by atoms with Crippen molar-refractivity contribution in [2.24, 2.45) is 5.73 Å². The highest BCUT2D eigenvalue weighted by Crippen LogP contribution is 2.30. The lowest BCUT2D eigenvalue weighted by Crippen LogP contribution is -2.21. The normalized spacial score (nSPS) is 12.6. The molecule has 1 atom stereocenters. The Bertz CT molecular complexity index is 473. The number of carbonyl (C=O) groups is 1. The van der Waals surface area contributed by atoms with E-state index >= 15 is 0 Å². The molecule has 1 unspecified atom stereocenters. The van der Waals surface area contributed by atoms with Crippen LogP contribution in [-0.4, -0.2) is 19.6 Å². The van der Waals surface area contributed by atoms with Gasteiger partial charge in [-0.15, -0.1) is 11.3 Å². The van der Waals surface area contributed by atoms with Crippen LogP contribution in [0.5, 0.6) is 0 Å². The molecule has 1 aromatic carbocycles. The highest BCUT2D eigenvalue weighted by atomic mass is 32.1. The van der Waals surface area contributed by atoms with Crippen molar-refractivity contribution in [3.05, 3.63) is 35.2 Å². The largest absolute Gasteiger partial charge is 0.468 e. The topological polar surface area (TPSA) is 52.3 Å². The summed E-state index contributed by atoms with van der Waals surface area (Å²) in [5.74, 6) is -0.614. The zero-order valence-corrected chi connectivity index (χ0v) is 9.79. The van der Waals surface area contributed by atoms with Crippen molar-refractivity contribution in [1.29, 1.82) is 0 Å². The number of hydrogen-bond donors (Lipinski definition) is 1. The minimum Gasteiger partial charge on any atom is -0.468 e. The van der Waals surface area contributed by atoms with Gasteiger partial charge in [0, 0.05) is 16.1 Å². The Kier molecular flexibility index (Phi) is 3.22. The van der Waals surface area contributed by atoms with Crippen LogP contribution in [0.2, 0.25) is 0 Å². The zero-order chi connectivity index (χ0) is 11.5. The summed E-state index contributed by atoms with van der Waals surface area (Å²) in [4.78, 5) is 12.5. The van der Waals surface area contributed by atoms with Gasteiger partial charge in [0.25, 0.3) is 0 Å². The monoisotopic (exact) mass is 235 g/mol. The number of carbonyl (C=O) groups excluding carboxylic acids is 1. The molecule has 16 heavy (non-hydrogen) atoms. The minimum absolute atomic E-state index is 0.269. The summed E-state index contributed by atoms with van der Waals surface area (Å²) < 4.78 is 5.91. The maximum atomic E-state index is 11.5. The molecular weight excluding hydrogens is 222 g/mol. The number of thiophene rings is 1. The van der Waals surface area contributed by atoms with E-state index < -0.39 is 0 Å². The van der Waals surface area contributed by atoms with Gasteiger partial charge in [-0.05, 0) is 17.5 Å². The molecule has 2 aromatic rings. The molecule has 1 heterocycles. The van der Waals surface area contributed by atoms with Crippen LogP contribution in [0, 0.1) is 0 Å². The lowest BCUT2D eigenvalue weighted by atomic mass is 10.1. The van der Waals surface area contributed by atoms with Crippen molar-refractivity contribution in [3.8, 4) is 0 Å². The van der Waals surface area contributed by atoms with Crippen LogP contribution in [0.25, 0.3) is 10.1 Å². The van der Waals surface area contributed by atoms with Gasteiger partial charge in [0.1, 0.15) is 5.92 Å². The first-order valence-electron chi connectivity index (χ1n) is 5.02. The Balaban J connectivity index is 2.41. The molecule has 0 saturated heterocycles. The summed E-state index contributed by atoms with van der Waals surface area (Å²) in [5.41, 5.74) is 5.61. The van der Waals surface area contributed by atoms with Crippen molar-refractivity contribution in [3.63, 3.8) is 0 Å². The van der Waals surface area contributed by atoms with Crippen molar-refractivity contribution in [1.82, 2.24) is 0 Å². The number of hydrogen-bond acceptors (Lipinski definition) is 4. The molecule has 0 spiro atoms. The van der Waals surface area contributed by atoms with Gasteiger partial charge in [0.15, 0.2) is 0 Å². The highest BCUT2D eigenvalue weighted by Gasteiger charge is 2.21. The van der Waals surface area contributed by atoms with E-state index in [9.17, 15) is 4.79 Å². The van der Waals surface area contributed by atoms with Gasteiger partial charge in [0.05, 0.1) is 7.11 Å². The van der Waals surface area contributed by atoms with Crippen LogP contribution in [-0.2, 0) is 9.53 Å². The molecule has 0 radical (unpaired) electrons. The molecule has 0 aliphatic rings. The van der Waals surface area contributed by atoms with Gasteiger partial charge in [-0.1, -0.05) is 18.2 Å². The van der Waals surface area contributed by atoms with Gasteiger partial charge in [-0.3, -0.25) is 4.79 Å². The molecule has 1 aromatic heterocycles. The predicted molar refractivity (Wildman–Crippen MR) is 65.6 cm³/mol. The third-order valence-corrected chi connectivity index (χ3v) is 3.74. The quantitative estimate of drug-likeness (QED) is 0.829. The molecule has 0 amide bonds. The average Bonchev–Trinajstić information content (AvgIpc) is 2.72. The Morgan fingerprint density at radius 2 is 2.25 bits per heavy atom. The summed E-state index contributed by atoms with van der Waals surface area (Å²) >= 11 is 1.59. The number of esters is 1. The number of benzene rings is 1. The molecule has 84 valence electrons. The number of nitrogens with two attached hydrogens (primary N) is 1. The van der Waals surface area contributed by atoms with Crippen LogP contribution >= 0.6 is 11.3 Å². The molecule has 4 heteroatoms. The van der Waals surface area contributed by atoms with Crippen LogP contribution in [0.15, 0.2) is 30.3 Å². The average molecular weight is 235 g/mol. The Hall–Kier alpha value is -1.39. The fourth-order valence-corrected chi connectivity index (χ4v) is 2.81. The van der Waals surface area contributed by atoms with Gasteiger partial charge in [-0.25, -0.2) is 0 Å². The van der Waals surface area contributed by atoms with Crippen molar-refractivity contribution >= 4 is 27.4 Å². The summed E-state index contributed by atoms with van der Waals surface area (Å²) in [7, 11) is 1.39. The maximum Gasteiger partial charge on any atom is 0.315 e. The minimum atomic E-state index is -0.345. The lowest BCUT2D eigenvalue weighted by Gasteiger charge is -2.09. The molecule has 0 fully saturated rings. The number of rotatable bonds is 3. The van der Waals surface area contributed by atoms with E-state index in [-0.39, 0.29) is 18.4 Å². The fourth-order valence-electron chi connectivity index (χ4n) is 1.64. The van der Waals surface area contributed by atoms with E-state index in [0.717, 1.165) is 10.3 Å². The van der Waals surface area contributed by atoms with Crippen LogP contribution in [0.4, 0.5) is 0 Å². The van der Waals surface area contributed by atoms with Gasteiger partial charge in [-0.2, -0.15) is 0 Å². The predicted octanol–water partition coefficient (Wildman–Crippen LogP) is 2.12. The Labute approximate surface area is 97.8 Å². The van der Waals surface area contributed by atoms with Crippen molar-refractivity contribution < 1.29 is 9.53 Å². The van der Waals surface area contributed by atoms with Crippen LogP contribution < -0.4 is 5.73 Å². The van der Waals surface area contributed by atoms with Crippen LogP contribution in [0.1, 0.15) is 10.8 Å². The molecular formula is C12H13NO2S. The highest BCUT2D eigenvalue weighted by molar-refractivity contribution is 7.19. The first-order valence-corrected chi connectivity index (χ1v) is 5.84. The second kappa shape index (κ2) is 4.63. The third kappa shape index (κ3) is 1.94. The van der Waals surface area contributed by atoms with E-state index in [1.807, 2.05) is 30.3 Å². The summed E-state index contributed by atoms with van der Waals surface area (Å²) in [6, 6.07) is 10.0. The van der Waals surface area contributed by atoms with Gasteiger partial charge < -0.3 is 10.5 Å². The fraction of sp³-hybridized carbons (Fsp3) is 0.250. The van der Waals surface area contributed by atoms with E-state index in [1.54, 1.807) is 11.3 Å². The first-order chi connectivity index (χ1) is 7.76. The van der Waals surface area contributed by atoms with E-state index in [1.165, 1.54) is 11.8 Å². The number of fused-ring (bicyclic) bond motifs is 1. The molecule has 0 bridgehead atoms. The summed E-state index contributed by atoms with van der Waals surface area (Å²) in [6.07, 6.45) is 0. The molecule has 2 N–H and O–H groups in total. The second-order valence-electron chi connectivity index (χ2n) is 3.50. The van der Waals surface area contributed by atoms with Crippen LogP contribution in [0.3, 0.4) is 0 Å². The smallest absolute Gasteiger partial charge is 0.315 e. The first kappa shape index (κ1) is 11.1. The lowest BCUT2D eigenvalue weighted by molar-refractivity contribution is -0.142. The van der Waals surface area contributed by atoms with E-state index in [4.69, 9.17) is 10.5 Å². The maximum absolute atomic E-state index is 11.5. The third-order valence-electron chi connectivity index (χ3n) is 2.51. The number of ether oxygens (including phenoxy) is 1. The van der Waals surface area contributed by atoms with Gasteiger partial charge >= 0.3 is 5.97 Å². The van der Waals surface area contributed by atoms with Gasteiger partial charge in [0.2, 0.25) is 0 Å². The zero-order valence-electron chi connectivity index (χ0n) is 8.97.